The Morgan fingerprint density at radius 3 is 2.10 bits per heavy atom. The zero-order valence-corrected chi connectivity index (χ0v) is 8.23. The molecule has 10 heavy (non-hydrogen) atoms. The van der Waals surface area contributed by atoms with Crippen molar-refractivity contribution in [3.05, 3.63) is 0 Å². The van der Waals surface area contributed by atoms with Gasteiger partial charge in [-0.15, -0.1) is 0 Å². The van der Waals surface area contributed by atoms with Gasteiger partial charge in [0.25, 0.3) is 0 Å². The van der Waals surface area contributed by atoms with E-state index < -0.39 is 0 Å². The number of rotatable bonds is 0. The van der Waals surface area contributed by atoms with Crippen molar-refractivity contribution in [1.82, 2.24) is 0 Å². The van der Waals surface area contributed by atoms with Crippen molar-refractivity contribution in [2.24, 2.45) is 11.3 Å². The Bertz CT molecular complexity index is 157. The van der Waals surface area contributed by atoms with E-state index in [-0.39, 0.29) is 16.2 Å². The molecule has 1 aliphatic carbocycles. The Hall–Kier alpha value is 0.150. The van der Waals surface area contributed by atoms with Gasteiger partial charge in [0.2, 0.25) is 0 Å². The van der Waals surface area contributed by atoms with Gasteiger partial charge in [-0.2, -0.15) is 0 Å². The smallest absolute Gasteiger partial charge is 0.150 e. The number of Topliss-reactive ketones (excluding diaryl/α,β-unsaturated/α-hetero) is 1. The molecule has 1 fully saturated rings. The minimum atomic E-state index is 0.150. The van der Waals surface area contributed by atoms with Crippen LogP contribution in [0.2, 0.25) is 0 Å². The van der Waals surface area contributed by atoms with Crippen molar-refractivity contribution >= 4 is 21.7 Å². The number of carbonyl (C=O) groups excluding carboxylic acids is 1. The molecular weight excluding hydrogens is 192 g/mol. The molecule has 0 aliphatic heterocycles. The van der Waals surface area contributed by atoms with Gasteiger partial charge < -0.3 is 0 Å². The van der Waals surface area contributed by atoms with Crippen LogP contribution in [0.4, 0.5) is 0 Å². The SMILES string of the molecule is CC(C)(C)C1CC(Br)C1=O. The van der Waals surface area contributed by atoms with E-state index in [1.807, 2.05) is 0 Å². The van der Waals surface area contributed by atoms with Crippen molar-refractivity contribution in [3.8, 4) is 0 Å². The Morgan fingerprint density at radius 1 is 1.50 bits per heavy atom. The largest absolute Gasteiger partial charge is 0.298 e. The van der Waals surface area contributed by atoms with Crippen LogP contribution in [0.25, 0.3) is 0 Å². The maximum absolute atomic E-state index is 11.2. The van der Waals surface area contributed by atoms with E-state index in [0.29, 0.717) is 5.78 Å². The molecule has 0 aromatic carbocycles. The van der Waals surface area contributed by atoms with Crippen molar-refractivity contribution < 1.29 is 4.79 Å². The van der Waals surface area contributed by atoms with E-state index >= 15 is 0 Å². The van der Waals surface area contributed by atoms with Gasteiger partial charge in [-0.3, -0.25) is 4.79 Å². The number of halogens is 1. The Morgan fingerprint density at radius 2 is 2.00 bits per heavy atom. The van der Waals surface area contributed by atoms with Crippen LogP contribution in [0.3, 0.4) is 0 Å². The van der Waals surface area contributed by atoms with E-state index in [0.717, 1.165) is 6.42 Å². The second-order valence-electron chi connectivity index (χ2n) is 4.02. The normalized spacial score (nSPS) is 33.8. The number of hydrogen-bond acceptors (Lipinski definition) is 1. The summed E-state index contributed by atoms with van der Waals surface area (Å²) in [5, 5.41) is 0. The van der Waals surface area contributed by atoms with Gasteiger partial charge in [-0.1, -0.05) is 36.7 Å². The van der Waals surface area contributed by atoms with Gasteiger partial charge in [0.05, 0.1) is 4.83 Å². The molecule has 1 nitrogen and oxygen atoms in total. The first-order valence-electron chi connectivity index (χ1n) is 3.60. The topological polar surface area (TPSA) is 17.1 Å². The van der Waals surface area contributed by atoms with Crippen LogP contribution in [-0.4, -0.2) is 10.6 Å². The van der Waals surface area contributed by atoms with Crippen molar-refractivity contribution in [2.75, 3.05) is 0 Å². The predicted octanol–water partition coefficient (Wildman–Crippen LogP) is 2.39. The molecule has 2 unspecified atom stereocenters. The maximum atomic E-state index is 11.2. The predicted molar refractivity (Wildman–Crippen MR) is 45.3 cm³/mol. The molecule has 0 aromatic rings. The summed E-state index contributed by atoms with van der Waals surface area (Å²) < 4.78 is 0. The van der Waals surface area contributed by atoms with Crippen LogP contribution >= 0.6 is 15.9 Å². The lowest BCUT2D eigenvalue weighted by Gasteiger charge is -2.39. The molecule has 0 saturated heterocycles. The zero-order valence-electron chi connectivity index (χ0n) is 6.65. The van der Waals surface area contributed by atoms with Crippen molar-refractivity contribution in [1.29, 1.82) is 0 Å². The van der Waals surface area contributed by atoms with Crippen LogP contribution in [-0.2, 0) is 4.79 Å². The highest BCUT2D eigenvalue weighted by molar-refractivity contribution is 9.10. The molecule has 2 heteroatoms. The van der Waals surface area contributed by atoms with Crippen LogP contribution in [0.1, 0.15) is 27.2 Å². The van der Waals surface area contributed by atoms with E-state index in [1.54, 1.807) is 0 Å². The Kier molecular flexibility index (Phi) is 1.92. The van der Waals surface area contributed by atoms with E-state index in [2.05, 4.69) is 36.7 Å². The van der Waals surface area contributed by atoms with E-state index in [1.165, 1.54) is 0 Å². The molecule has 0 bridgehead atoms. The molecule has 1 aliphatic rings. The molecule has 58 valence electrons. The Balaban J connectivity index is 2.56. The number of hydrogen-bond donors (Lipinski definition) is 0. The van der Waals surface area contributed by atoms with Crippen molar-refractivity contribution in [3.63, 3.8) is 0 Å². The van der Waals surface area contributed by atoms with Crippen LogP contribution in [0.5, 0.6) is 0 Å². The first-order chi connectivity index (χ1) is 4.43. The molecule has 0 spiro atoms. The fraction of sp³-hybridized carbons (Fsp3) is 0.875. The van der Waals surface area contributed by atoms with Gasteiger partial charge in [0, 0.05) is 5.92 Å². The third kappa shape index (κ3) is 1.26. The minimum Gasteiger partial charge on any atom is -0.298 e. The molecule has 0 heterocycles. The third-order valence-electron chi connectivity index (χ3n) is 2.14. The first kappa shape index (κ1) is 8.25. The highest BCUT2D eigenvalue weighted by Crippen LogP contribution is 2.41. The lowest BCUT2D eigenvalue weighted by molar-refractivity contribution is -0.132. The van der Waals surface area contributed by atoms with Gasteiger partial charge in [0.15, 0.2) is 0 Å². The summed E-state index contributed by atoms with van der Waals surface area (Å²) in [6.45, 7) is 6.36. The minimum absolute atomic E-state index is 0.150. The van der Waals surface area contributed by atoms with Gasteiger partial charge in [-0.05, 0) is 11.8 Å². The van der Waals surface area contributed by atoms with E-state index in [9.17, 15) is 4.79 Å². The molecule has 1 saturated carbocycles. The molecule has 0 radical (unpaired) electrons. The maximum Gasteiger partial charge on any atom is 0.150 e. The highest BCUT2D eigenvalue weighted by Gasteiger charge is 2.44. The molecule has 0 aromatic heterocycles. The first-order valence-corrected chi connectivity index (χ1v) is 4.52. The van der Waals surface area contributed by atoms with Gasteiger partial charge in [-0.25, -0.2) is 0 Å². The average Bonchev–Trinajstić information content (AvgIpc) is 1.79. The lowest BCUT2D eigenvalue weighted by Crippen LogP contribution is -2.45. The summed E-state index contributed by atoms with van der Waals surface area (Å²) in [6.07, 6.45) is 1.02. The number of carbonyl (C=O) groups is 1. The fourth-order valence-electron chi connectivity index (χ4n) is 1.28. The number of alkyl halides is 1. The van der Waals surface area contributed by atoms with E-state index in [4.69, 9.17) is 0 Å². The summed E-state index contributed by atoms with van der Waals surface area (Å²) >= 11 is 3.31. The molecular formula is C8H13BrO. The zero-order chi connectivity index (χ0) is 7.94. The van der Waals surface area contributed by atoms with Crippen LogP contribution in [0.15, 0.2) is 0 Å². The van der Waals surface area contributed by atoms with Gasteiger partial charge in [0.1, 0.15) is 5.78 Å². The standard InChI is InChI=1S/C8H13BrO/c1-8(2,3)5-4-6(9)7(5)10/h5-6H,4H2,1-3H3. The lowest BCUT2D eigenvalue weighted by atomic mass is 9.67. The molecule has 1 rings (SSSR count). The number of ketones is 1. The third-order valence-corrected chi connectivity index (χ3v) is 2.97. The fourth-order valence-corrected chi connectivity index (χ4v) is 1.97. The molecule has 2 atom stereocenters. The van der Waals surface area contributed by atoms with Gasteiger partial charge >= 0.3 is 0 Å². The highest BCUT2D eigenvalue weighted by atomic mass is 79.9. The summed E-state index contributed by atoms with van der Waals surface area (Å²) in [7, 11) is 0. The molecule has 0 N–H and O–H groups in total. The van der Waals surface area contributed by atoms with Crippen molar-refractivity contribution in [2.45, 2.75) is 32.0 Å². The van der Waals surface area contributed by atoms with Crippen LogP contribution in [0, 0.1) is 11.3 Å². The monoisotopic (exact) mass is 204 g/mol. The average molecular weight is 205 g/mol. The summed E-state index contributed by atoms with van der Waals surface area (Å²) in [6, 6.07) is 0. The summed E-state index contributed by atoms with van der Waals surface area (Å²) in [5.41, 5.74) is 0.168. The molecule has 0 amide bonds. The Labute approximate surface area is 70.3 Å². The summed E-state index contributed by atoms with van der Waals surface area (Å²) in [5.74, 6) is 0.671. The second kappa shape index (κ2) is 2.33. The quantitative estimate of drug-likeness (QED) is 0.555. The second-order valence-corrected chi connectivity index (χ2v) is 5.13. The van der Waals surface area contributed by atoms with Crippen LogP contribution < -0.4 is 0 Å². The summed E-state index contributed by atoms with van der Waals surface area (Å²) in [4.78, 5) is 11.3.